The summed E-state index contributed by atoms with van der Waals surface area (Å²) in [5.41, 5.74) is 0. The van der Waals surface area contributed by atoms with Crippen molar-refractivity contribution in [3.8, 4) is 0 Å². The van der Waals surface area contributed by atoms with E-state index in [0.29, 0.717) is 6.42 Å². The first kappa shape index (κ1) is 13.9. The lowest BCUT2D eigenvalue weighted by atomic mass is 9.95. The Balaban J connectivity index is 4.43. The van der Waals surface area contributed by atoms with E-state index in [1.165, 1.54) is 14.2 Å². The Hall–Kier alpha value is -1.10. The Labute approximate surface area is 89.4 Å². The Morgan fingerprint density at radius 1 is 1.27 bits per heavy atom. The highest BCUT2D eigenvalue weighted by molar-refractivity contribution is 5.80. The van der Waals surface area contributed by atoms with Gasteiger partial charge in [0.15, 0.2) is 0 Å². The molecule has 1 N–H and O–H groups in total. The highest BCUT2D eigenvalue weighted by Crippen LogP contribution is 2.16. The molecule has 0 saturated heterocycles. The highest BCUT2D eigenvalue weighted by Gasteiger charge is 2.29. The minimum Gasteiger partial charge on any atom is -0.469 e. The van der Waals surface area contributed by atoms with E-state index in [1.54, 1.807) is 0 Å². The van der Waals surface area contributed by atoms with Gasteiger partial charge in [-0.15, -0.1) is 0 Å². The van der Waals surface area contributed by atoms with Crippen LogP contribution in [0.1, 0.15) is 26.2 Å². The van der Waals surface area contributed by atoms with Crippen LogP contribution < -0.4 is 0 Å². The standard InChI is InChI=1S/C10H18O5/c1-4-5-8(11)7(10(13)15-3)6-9(12)14-2/h7-8,11H,4-6H2,1-3H3/t7?,8-/m1/s1. The number of esters is 2. The van der Waals surface area contributed by atoms with E-state index in [-0.39, 0.29) is 6.42 Å². The van der Waals surface area contributed by atoms with Crippen molar-refractivity contribution in [2.45, 2.75) is 32.3 Å². The van der Waals surface area contributed by atoms with Crippen molar-refractivity contribution in [3.63, 3.8) is 0 Å². The number of methoxy groups -OCH3 is 2. The fourth-order valence-electron chi connectivity index (χ4n) is 1.29. The zero-order valence-electron chi connectivity index (χ0n) is 9.36. The molecule has 0 radical (unpaired) electrons. The number of carbonyl (C=O) groups excluding carboxylic acids is 2. The summed E-state index contributed by atoms with van der Waals surface area (Å²) in [6.45, 7) is 1.88. The maximum absolute atomic E-state index is 11.3. The molecule has 0 aromatic heterocycles. The molecule has 15 heavy (non-hydrogen) atoms. The van der Waals surface area contributed by atoms with Crippen LogP contribution in [0, 0.1) is 5.92 Å². The predicted octanol–water partition coefficient (Wildman–Crippen LogP) is 0.500. The van der Waals surface area contributed by atoms with Crippen LogP contribution in [0.25, 0.3) is 0 Å². The van der Waals surface area contributed by atoms with Crippen LogP contribution in [0.4, 0.5) is 0 Å². The van der Waals surface area contributed by atoms with Crippen LogP contribution in [-0.2, 0) is 19.1 Å². The fourth-order valence-corrected chi connectivity index (χ4v) is 1.29. The molecule has 0 fully saturated rings. The molecule has 0 aliphatic rings. The molecule has 0 aromatic rings. The van der Waals surface area contributed by atoms with E-state index < -0.39 is 24.0 Å². The van der Waals surface area contributed by atoms with Crippen LogP contribution in [0.2, 0.25) is 0 Å². The summed E-state index contributed by atoms with van der Waals surface area (Å²) >= 11 is 0. The van der Waals surface area contributed by atoms with Crippen LogP contribution in [0.3, 0.4) is 0 Å². The van der Waals surface area contributed by atoms with Gasteiger partial charge in [-0.3, -0.25) is 9.59 Å². The molecule has 0 rings (SSSR count). The number of rotatable bonds is 6. The predicted molar refractivity (Wildman–Crippen MR) is 53.1 cm³/mol. The molecule has 0 saturated carbocycles. The number of ether oxygens (including phenoxy) is 2. The van der Waals surface area contributed by atoms with Crippen molar-refractivity contribution < 1.29 is 24.2 Å². The van der Waals surface area contributed by atoms with Crippen molar-refractivity contribution in [2.24, 2.45) is 5.92 Å². The van der Waals surface area contributed by atoms with Crippen LogP contribution >= 0.6 is 0 Å². The third kappa shape index (κ3) is 4.78. The Kier molecular flexibility index (Phi) is 6.70. The third-order valence-electron chi connectivity index (χ3n) is 2.17. The molecule has 5 nitrogen and oxygen atoms in total. The summed E-state index contributed by atoms with van der Waals surface area (Å²) in [4.78, 5) is 22.3. The van der Waals surface area contributed by atoms with Gasteiger partial charge in [0.05, 0.1) is 32.7 Å². The van der Waals surface area contributed by atoms with Gasteiger partial charge in [0, 0.05) is 0 Å². The molecule has 0 aliphatic carbocycles. The second-order valence-electron chi connectivity index (χ2n) is 3.27. The average molecular weight is 218 g/mol. The lowest BCUT2D eigenvalue weighted by Gasteiger charge is -2.18. The van der Waals surface area contributed by atoms with Gasteiger partial charge in [-0.2, -0.15) is 0 Å². The summed E-state index contributed by atoms with van der Waals surface area (Å²) in [6, 6.07) is 0. The smallest absolute Gasteiger partial charge is 0.311 e. The Morgan fingerprint density at radius 2 is 1.87 bits per heavy atom. The molecule has 0 spiro atoms. The molecular weight excluding hydrogens is 200 g/mol. The molecule has 2 atom stereocenters. The molecular formula is C10H18O5. The van der Waals surface area contributed by atoms with E-state index >= 15 is 0 Å². The van der Waals surface area contributed by atoms with Gasteiger partial charge in [0.2, 0.25) is 0 Å². The van der Waals surface area contributed by atoms with Gasteiger partial charge in [-0.05, 0) is 6.42 Å². The van der Waals surface area contributed by atoms with Gasteiger partial charge in [-0.25, -0.2) is 0 Å². The van der Waals surface area contributed by atoms with E-state index in [1.807, 2.05) is 6.92 Å². The van der Waals surface area contributed by atoms with Crippen LogP contribution in [0.15, 0.2) is 0 Å². The summed E-state index contributed by atoms with van der Waals surface area (Å²) in [5.74, 6) is -1.94. The first-order chi connectivity index (χ1) is 7.06. The van der Waals surface area contributed by atoms with Gasteiger partial charge >= 0.3 is 11.9 Å². The molecule has 88 valence electrons. The second-order valence-corrected chi connectivity index (χ2v) is 3.27. The maximum Gasteiger partial charge on any atom is 0.311 e. The van der Waals surface area contributed by atoms with E-state index in [2.05, 4.69) is 9.47 Å². The molecule has 0 amide bonds. The van der Waals surface area contributed by atoms with Crippen molar-refractivity contribution >= 4 is 11.9 Å². The quantitative estimate of drug-likeness (QED) is 0.657. The largest absolute Gasteiger partial charge is 0.469 e. The minimum atomic E-state index is -0.860. The normalized spacial score (nSPS) is 14.1. The minimum absolute atomic E-state index is 0.148. The zero-order valence-corrected chi connectivity index (χ0v) is 9.36. The zero-order chi connectivity index (χ0) is 11.8. The summed E-state index contributed by atoms with van der Waals surface area (Å²) in [7, 11) is 2.47. The number of aliphatic hydroxyl groups is 1. The van der Waals surface area contributed by atoms with Gasteiger partial charge in [0.25, 0.3) is 0 Å². The molecule has 1 unspecified atom stereocenters. The number of carbonyl (C=O) groups is 2. The molecule has 0 aliphatic heterocycles. The van der Waals surface area contributed by atoms with Gasteiger partial charge in [0.1, 0.15) is 0 Å². The summed E-state index contributed by atoms with van der Waals surface area (Å²) in [6.07, 6.45) is 0.179. The molecule has 0 aromatic carbocycles. The fraction of sp³-hybridized carbons (Fsp3) is 0.800. The number of hydrogen-bond acceptors (Lipinski definition) is 5. The Morgan fingerprint density at radius 3 is 2.27 bits per heavy atom. The van der Waals surface area contributed by atoms with Crippen molar-refractivity contribution in [3.05, 3.63) is 0 Å². The topological polar surface area (TPSA) is 72.8 Å². The van der Waals surface area contributed by atoms with Crippen molar-refractivity contribution in [2.75, 3.05) is 14.2 Å². The van der Waals surface area contributed by atoms with Gasteiger partial charge in [-0.1, -0.05) is 13.3 Å². The highest BCUT2D eigenvalue weighted by atomic mass is 16.5. The average Bonchev–Trinajstić information content (AvgIpc) is 2.24. The maximum atomic E-state index is 11.3. The molecule has 5 heteroatoms. The molecule has 0 heterocycles. The Bertz CT molecular complexity index is 214. The summed E-state index contributed by atoms with van der Waals surface area (Å²) < 4.78 is 8.96. The number of aliphatic hydroxyl groups excluding tert-OH is 1. The van der Waals surface area contributed by atoms with E-state index in [0.717, 1.165) is 6.42 Å². The lowest BCUT2D eigenvalue weighted by Crippen LogP contribution is -2.31. The SMILES string of the molecule is CCC[C@@H](O)C(CC(=O)OC)C(=O)OC. The third-order valence-corrected chi connectivity index (χ3v) is 2.17. The first-order valence-electron chi connectivity index (χ1n) is 4.89. The monoisotopic (exact) mass is 218 g/mol. The van der Waals surface area contributed by atoms with Crippen molar-refractivity contribution in [1.82, 2.24) is 0 Å². The van der Waals surface area contributed by atoms with Crippen LogP contribution in [-0.4, -0.2) is 37.4 Å². The molecule has 0 bridgehead atoms. The van der Waals surface area contributed by atoms with Gasteiger partial charge < -0.3 is 14.6 Å². The van der Waals surface area contributed by atoms with E-state index in [9.17, 15) is 14.7 Å². The summed E-state index contributed by atoms with van der Waals surface area (Å²) in [5, 5.41) is 9.65. The van der Waals surface area contributed by atoms with E-state index in [4.69, 9.17) is 0 Å². The second kappa shape index (κ2) is 7.23. The first-order valence-corrected chi connectivity index (χ1v) is 4.89. The lowest BCUT2D eigenvalue weighted by molar-refractivity contribution is -0.156. The number of hydrogen-bond donors (Lipinski definition) is 1. The van der Waals surface area contributed by atoms with Crippen LogP contribution in [0.5, 0.6) is 0 Å². The van der Waals surface area contributed by atoms with Crippen molar-refractivity contribution in [1.29, 1.82) is 0 Å².